The van der Waals surface area contributed by atoms with Crippen LogP contribution in [0.5, 0.6) is 0 Å². The minimum atomic E-state index is -2.74. The maximum Gasteiger partial charge on any atom is 1.00 e. The second-order valence-corrected chi connectivity index (χ2v) is 21.5. The van der Waals surface area contributed by atoms with Crippen molar-refractivity contribution in [2.24, 2.45) is 0 Å². The Morgan fingerprint density at radius 2 is 0.722 bits per heavy atom. The molecule has 54 heavy (non-hydrogen) atoms. The first-order chi connectivity index (χ1) is 25.6. The van der Waals surface area contributed by atoms with Crippen LogP contribution < -0.4 is 77.3 Å². The summed E-state index contributed by atoms with van der Waals surface area (Å²) >= 11 is 0. The van der Waals surface area contributed by atoms with Gasteiger partial charge in [-0.1, -0.05) is 200 Å². The Bertz CT molecular complexity index is 2090. The molecule has 0 saturated carbocycles. The van der Waals surface area contributed by atoms with Crippen molar-refractivity contribution in [1.29, 1.82) is 0 Å². The normalized spacial score (nSPS) is 11.9. The van der Waals surface area contributed by atoms with E-state index in [2.05, 4.69) is 223 Å². The summed E-state index contributed by atoms with van der Waals surface area (Å²) in [5, 5.41) is 11.4. The maximum atomic E-state index is 6.31. The molecular weight excluding hydrogens is 718 g/mol. The molecule has 6 aromatic rings. The van der Waals surface area contributed by atoms with Crippen molar-refractivity contribution in [3.63, 3.8) is 0 Å². The first kappa shape index (κ1) is 42.4. The third kappa shape index (κ3) is 8.95. The van der Waals surface area contributed by atoms with Crippen molar-refractivity contribution in [2.45, 2.75) is 79.1 Å². The molecule has 272 valence electrons. The summed E-state index contributed by atoms with van der Waals surface area (Å²) in [6.07, 6.45) is 0. The van der Waals surface area contributed by atoms with Gasteiger partial charge < -0.3 is 5.09 Å². The van der Waals surface area contributed by atoms with Crippen LogP contribution >= 0.6 is 14.1 Å². The standard InChI is InChI=1S/C49H55N2P2.K/c1-36(2)44-31-21-32-45(37(3)4)48(44)50-52(40-23-13-9-14-24-40,41-25-15-10-16-26-41)35-53(42-27-17-11-18-28-42,43-29-19-12-20-30-43)51-49-46(38(5)6)33-22-34-47(49)39(7)8;/h9-39H,1-8H3;/q-1;+1/p+1. The molecule has 0 aliphatic heterocycles. The zero-order chi connectivity index (χ0) is 37.6. The van der Waals surface area contributed by atoms with Crippen LogP contribution in [0.25, 0.3) is 5.09 Å². The van der Waals surface area contributed by atoms with Crippen molar-refractivity contribution in [1.82, 2.24) is 0 Å². The monoisotopic (exact) mass is 773 g/mol. The maximum absolute atomic E-state index is 6.31. The smallest absolute Gasteiger partial charge is 0.652 e. The van der Waals surface area contributed by atoms with Crippen LogP contribution in [-0.2, 0) is 0 Å². The zero-order valence-electron chi connectivity index (χ0n) is 33.7. The Morgan fingerprint density at radius 1 is 0.407 bits per heavy atom. The van der Waals surface area contributed by atoms with Gasteiger partial charge in [0.15, 0.2) is 7.05 Å². The number of nitrogens with one attached hydrogen (secondary N) is 1. The molecule has 0 aromatic heterocycles. The molecule has 0 bridgehead atoms. The average molecular weight is 774 g/mol. The van der Waals surface area contributed by atoms with Gasteiger partial charge in [0.2, 0.25) is 5.69 Å². The summed E-state index contributed by atoms with van der Waals surface area (Å²) in [4.78, 5) is 0. The van der Waals surface area contributed by atoms with E-state index in [-0.39, 0.29) is 51.4 Å². The van der Waals surface area contributed by atoms with Crippen molar-refractivity contribution in [3.8, 4) is 0 Å². The third-order valence-corrected chi connectivity index (χ3v) is 18.4. The Balaban J connectivity index is 0.00000561. The Labute approximate surface area is 368 Å². The topological polar surface area (TPSA) is 28.1 Å². The number of nitrogens with zero attached hydrogens (tertiary/aromatic N) is 1. The molecule has 6 rings (SSSR count). The molecule has 0 heterocycles. The molecule has 0 radical (unpaired) electrons. The Kier molecular flexibility index (Phi) is 14.9. The quantitative estimate of drug-likeness (QED) is 0.0952. The molecule has 2 nitrogen and oxygen atoms in total. The summed E-state index contributed by atoms with van der Waals surface area (Å²) in [7, 11) is -5.38. The van der Waals surface area contributed by atoms with Crippen molar-refractivity contribution >= 4 is 52.2 Å². The first-order valence-corrected chi connectivity index (χ1v) is 22.9. The van der Waals surface area contributed by atoms with Crippen LogP contribution in [0, 0.1) is 0 Å². The fourth-order valence-electron chi connectivity index (χ4n) is 7.39. The van der Waals surface area contributed by atoms with E-state index in [1.54, 1.807) is 0 Å². The Hall–Kier alpha value is -2.71. The van der Waals surface area contributed by atoms with E-state index in [0.29, 0.717) is 23.7 Å². The van der Waals surface area contributed by atoms with Gasteiger partial charge in [0.05, 0.1) is 0 Å². The van der Waals surface area contributed by atoms with E-state index in [1.807, 2.05) is 0 Å². The van der Waals surface area contributed by atoms with Gasteiger partial charge in [0.1, 0.15) is 0 Å². The number of hydrogen-bond donors (Lipinski definition) is 1. The predicted molar refractivity (Wildman–Crippen MR) is 237 cm³/mol. The summed E-state index contributed by atoms with van der Waals surface area (Å²) in [5.41, 5.74) is 10.4. The fraction of sp³-hybridized carbons (Fsp3) is 0.245. The molecule has 0 fully saturated rings. The van der Waals surface area contributed by atoms with Crippen molar-refractivity contribution < 1.29 is 56.1 Å². The first-order valence-electron chi connectivity index (χ1n) is 19.2. The largest absolute Gasteiger partial charge is 1.00 e. The molecule has 0 spiro atoms. The van der Waals surface area contributed by atoms with Gasteiger partial charge in [-0.05, 0) is 64.1 Å². The van der Waals surface area contributed by atoms with Crippen LogP contribution in [0.1, 0.15) is 101 Å². The number of para-hydroxylation sites is 1. The summed E-state index contributed by atoms with van der Waals surface area (Å²) < 4.78 is 4.50. The van der Waals surface area contributed by atoms with Gasteiger partial charge in [-0.25, -0.2) is 4.74 Å². The van der Waals surface area contributed by atoms with Crippen molar-refractivity contribution in [3.05, 3.63) is 185 Å². The van der Waals surface area contributed by atoms with Gasteiger partial charge in [-0.2, -0.15) is 0 Å². The molecule has 0 unspecified atom stereocenters. The predicted octanol–water partition coefficient (Wildman–Crippen LogP) is 8.80. The van der Waals surface area contributed by atoms with Gasteiger partial charge >= 0.3 is 51.4 Å². The molecule has 0 aliphatic carbocycles. The van der Waals surface area contributed by atoms with Crippen LogP contribution in [0.4, 0.5) is 11.4 Å². The zero-order valence-corrected chi connectivity index (χ0v) is 38.7. The fourth-order valence-corrected chi connectivity index (χ4v) is 16.8. The van der Waals surface area contributed by atoms with E-state index in [1.165, 1.54) is 49.2 Å². The number of hydrogen-bond acceptors (Lipinski definition) is 0. The van der Waals surface area contributed by atoms with E-state index >= 15 is 0 Å². The van der Waals surface area contributed by atoms with Gasteiger partial charge in [0.25, 0.3) is 0 Å². The van der Waals surface area contributed by atoms with E-state index in [0.717, 1.165) is 5.69 Å². The minimum absolute atomic E-state index is 0. The molecule has 0 aliphatic rings. The second-order valence-electron chi connectivity index (χ2n) is 15.3. The van der Waals surface area contributed by atoms with Crippen LogP contribution in [0.3, 0.4) is 0 Å². The summed E-state index contributed by atoms with van der Waals surface area (Å²) in [6.45, 7) is 18.5. The Morgan fingerprint density at radius 3 is 1.06 bits per heavy atom. The van der Waals surface area contributed by atoms with E-state index < -0.39 is 14.1 Å². The molecular formula is C49H56KN2P2+. The molecule has 5 heteroatoms. The van der Waals surface area contributed by atoms with Gasteiger partial charge in [-0.3, -0.25) is 0 Å². The molecule has 6 aromatic carbocycles. The van der Waals surface area contributed by atoms with E-state index in [4.69, 9.17) is 5.09 Å². The molecule has 0 atom stereocenters. The number of benzene rings is 6. The average Bonchev–Trinajstić information content (AvgIpc) is 3.18. The molecule has 0 saturated heterocycles. The van der Waals surface area contributed by atoms with E-state index in [9.17, 15) is 0 Å². The third-order valence-electron chi connectivity index (χ3n) is 10.2. The minimum Gasteiger partial charge on any atom is -0.652 e. The van der Waals surface area contributed by atoms with Crippen LogP contribution in [0.2, 0.25) is 0 Å². The van der Waals surface area contributed by atoms with Crippen molar-refractivity contribution in [2.75, 3.05) is 0 Å². The SMILES string of the molecule is CC(C)c1cccc(C(C)C)c1[N-]P(=CP(=[NH+]c1c(C(C)C)cccc1C(C)C)(c1ccccc1)c1ccccc1)(c1ccccc1)c1ccccc1.[K+]. The van der Waals surface area contributed by atoms with Crippen LogP contribution in [-0.4, -0.2) is 5.54 Å². The second kappa shape index (κ2) is 19.0. The molecule has 0 amide bonds. The summed E-state index contributed by atoms with van der Waals surface area (Å²) in [6, 6.07) is 58.4. The number of rotatable bonds is 12. The van der Waals surface area contributed by atoms with Gasteiger partial charge in [-0.15, -0.1) is 12.7 Å². The molecule has 1 N–H and O–H groups in total. The summed E-state index contributed by atoms with van der Waals surface area (Å²) in [5.74, 6) is 1.30. The van der Waals surface area contributed by atoms with Gasteiger partial charge in [0, 0.05) is 21.7 Å². The van der Waals surface area contributed by atoms with Crippen LogP contribution in [0.15, 0.2) is 158 Å².